The molecule has 3 aromatic carbocycles. The highest BCUT2D eigenvalue weighted by Crippen LogP contribution is 2.31. The zero-order valence-corrected chi connectivity index (χ0v) is 24.6. The zero-order chi connectivity index (χ0) is 29.1. The molecular formula is C27H30ClN3O7S2. The molecule has 0 spiro atoms. The molecule has 0 radical (unpaired) electrons. The fourth-order valence-corrected chi connectivity index (χ4v) is 7.10. The van der Waals surface area contributed by atoms with Crippen molar-refractivity contribution in [3.63, 3.8) is 0 Å². The molecule has 214 valence electrons. The number of nitrogens with zero attached hydrogens (tertiary/aromatic N) is 2. The van der Waals surface area contributed by atoms with E-state index in [4.69, 9.17) is 21.1 Å². The van der Waals surface area contributed by atoms with E-state index < -0.39 is 32.5 Å². The Morgan fingerprint density at radius 1 is 0.950 bits per heavy atom. The van der Waals surface area contributed by atoms with Crippen LogP contribution in [-0.2, 0) is 29.6 Å². The smallest absolute Gasteiger partial charge is 0.264 e. The number of ether oxygens (including phenoxy) is 2. The van der Waals surface area contributed by atoms with Crippen molar-refractivity contribution in [2.24, 2.45) is 0 Å². The molecule has 0 unspecified atom stereocenters. The summed E-state index contributed by atoms with van der Waals surface area (Å²) in [5, 5.41) is 3.01. The summed E-state index contributed by atoms with van der Waals surface area (Å²) in [6.07, 6.45) is 0. The third kappa shape index (κ3) is 6.42. The molecule has 13 heteroatoms. The number of methoxy groups -OCH3 is 1. The maximum Gasteiger partial charge on any atom is 0.264 e. The summed E-state index contributed by atoms with van der Waals surface area (Å²) >= 11 is 5.96. The number of aryl methyl sites for hydroxylation is 2. The van der Waals surface area contributed by atoms with E-state index in [1.165, 1.54) is 53.9 Å². The van der Waals surface area contributed by atoms with Gasteiger partial charge in [-0.25, -0.2) is 16.8 Å². The molecule has 1 fully saturated rings. The Balaban J connectivity index is 1.67. The lowest BCUT2D eigenvalue weighted by atomic mass is 10.1. The maximum absolute atomic E-state index is 13.7. The van der Waals surface area contributed by atoms with E-state index in [1.54, 1.807) is 18.2 Å². The first-order chi connectivity index (χ1) is 18.9. The first-order valence-electron chi connectivity index (χ1n) is 12.3. The number of nitrogens with one attached hydrogen (secondary N) is 1. The van der Waals surface area contributed by atoms with Crippen LogP contribution in [0.25, 0.3) is 0 Å². The lowest BCUT2D eigenvalue weighted by molar-refractivity contribution is -0.114. The molecule has 10 nitrogen and oxygen atoms in total. The van der Waals surface area contributed by atoms with Gasteiger partial charge in [-0.05, 0) is 79.6 Å². The molecule has 1 heterocycles. The highest BCUT2D eigenvalue weighted by Gasteiger charge is 2.30. The van der Waals surface area contributed by atoms with Crippen LogP contribution in [0, 0.1) is 13.8 Å². The van der Waals surface area contributed by atoms with Gasteiger partial charge in [0.2, 0.25) is 15.9 Å². The van der Waals surface area contributed by atoms with Crippen molar-refractivity contribution in [2.75, 3.05) is 49.6 Å². The molecule has 1 amide bonds. The molecule has 1 aliphatic heterocycles. The molecule has 0 bridgehead atoms. The van der Waals surface area contributed by atoms with Crippen LogP contribution in [0.3, 0.4) is 0 Å². The van der Waals surface area contributed by atoms with Crippen molar-refractivity contribution in [2.45, 2.75) is 23.6 Å². The molecule has 1 saturated heterocycles. The van der Waals surface area contributed by atoms with Crippen LogP contribution in [0.5, 0.6) is 5.75 Å². The van der Waals surface area contributed by atoms with Gasteiger partial charge < -0.3 is 14.8 Å². The largest absolute Gasteiger partial charge is 0.495 e. The number of rotatable bonds is 9. The lowest BCUT2D eigenvalue weighted by Gasteiger charge is -2.26. The number of amides is 1. The Labute approximate surface area is 239 Å². The van der Waals surface area contributed by atoms with Crippen molar-refractivity contribution in [3.8, 4) is 5.75 Å². The van der Waals surface area contributed by atoms with Crippen LogP contribution in [0.1, 0.15) is 11.1 Å². The molecule has 40 heavy (non-hydrogen) atoms. The SMILES string of the molecule is COc1ccc(S(=O)(=O)N2CCOCC2)cc1NC(=O)CN(c1ccc(C)c(C)c1)S(=O)(=O)c1ccc(Cl)cc1. The molecule has 4 rings (SSSR count). The van der Waals surface area contributed by atoms with Crippen molar-refractivity contribution in [3.05, 3.63) is 76.8 Å². The van der Waals surface area contributed by atoms with E-state index in [-0.39, 0.29) is 47.5 Å². The fourth-order valence-electron chi connectivity index (χ4n) is 4.13. The summed E-state index contributed by atoms with van der Waals surface area (Å²) in [7, 11) is -6.65. The van der Waals surface area contributed by atoms with Gasteiger partial charge in [-0.15, -0.1) is 0 Å². The van der Waals surface area contributed by atoms with Crippen molar-refractivity contribution in [1.82, 2.24) is 4.31 Å². The van der Waals surface area contributed by atoms with E-state index in [1.807, 2.05) is 13.8 Å². The summed E-state index contributed by atoms with van der Waals surface area (Å²) in [5.41, 5.74) is 2.19. The van der Waals surface area contributed by atoms with Gasteiger partial charge >= 0.3 is 0 Å². The summed E-state index contributed by atoms with van der Waals surface area (Å²) < 4.78 is 66.6. The Morgan fingerprint density at radius 3 is 2.23 bits per heavy atom. The topological polar surface area (TPSA) is 122 Å². The second kappa shape index (κ2) is 12.1. The van der Waals surface area contributed by atoms with Gasteiger partial charge in [-0.2, -0.15) is 4.31 Å². The number of benzene rings is 3. The summed E-state index contributed by atoms with van der Waals surface area (Å²) in [6, 6.07) is 14.9. The number of morpholine rings is 1. The van der Waals surface area contributed by atoms with E-state index in [2.05, 4.69) is 5.32 Å². The standard InChI is InChI=1S/C27H30ClN3O7S2/c1-19-4-7-22(16-20(19)2)31(40(35,36)23-8-5-21(28)6-9-23)18-27(32)29-25-17-24(10-11-26(25)37-3)39(33,34)30-12-14-38-15-13-30/h4-11,16-17H,12-15,18H2,1-3H3,(H,29,32). The predicted octanol–water partition coefficient (Wildman–Crippen LogP) is 3.82. The highest BCUT2D eigenvalue weighted by atomic mass is 35.5. The van der Waals surface area contributed by atoms with Gasteiger partial charge in [-0.3, -0.25) is 9.10 Å². The minimum atomic E-state index is -4.18. The number of hydrogen-bond donors (Lipinski definition) is 1. The molecule has 1 aliphatic rings. The second-order valence-electron chi connectivity index (χ2n) is 9.16. The number of anilines is 2. The monoisotopic (exact) mass is 607 g/mol. The molecule has 3 aromatic rings. The zero-order valence-electron chi connectivity index (χ0n) is 22.3. The minimum absolute atomic E-state index is 0.0368. The molecule has 0 saturated carbocycles. The maximum atomic E-state index is 13.7. The van der Waals surface area contributed by atoms with E-state index in [0.717, 1.165) is 15.4 Å². The number of carbonyl (C=O) groups is 1. The number of sulfonamides is 2. The Morgan fingerprint density at radius 2 is 1.60 bits per heavy atom. The van der Waals surface area contributed by atoms with Gasteiger partial charge in [0.25, 0.3) is 10.0 Å². The van der Waals surface area contributed by atoms with Gasteiger partial charge in [0, 0.05) is 18.1 Å². The average molecular weight is 608 g/mol. The summed E-state index contributed by atoms with van der Waals surface area (Å²) in [6.45, 7) is 4.15. The highest BCUT2D eigenvalue weighted by molar-refractivity contribution is 7.92. The second-order valence-corrected chi connectivity index (χ2v) is 13.4. The van der Waals surface area contributed by atoms with Crippen LogP contribution in [0.2, 0.25) is 5.02 Å². The van der Waals surface area contributed by atoms with Gasteiger partial charge in [0.15, 0.2) is 0 Å². The van der Waals surface area contributed by atoms with E-state index >= 15 is 0 Å². The fraction of sp³-hybridized carbons (Fsp3) is 0.296. The minimum Gasteiger partial charge on any atom is -0.495 e. The quantitative estimate of drug-likeness (QED) is 0.392. The van der Waals surface area contributed by atoms with Crippen LogP contribution in [0.15, 0.2) is 70.5 Å². The number of halogens is 1. The van der Waals surface area contributed by atoms with Crippen LogP contribution >= 0.6 is 11.6 Å². The molecule has 0 aliphatic carbocycles. The Bertz CT molecular complexity index is 1610. The van der Waals surface area contributed by atoms with Crippen molar-refractivity contribution < 1.29 is 31.1 Å². The third-order valence-corrected chi connectivity index (χ3v) is 10.5. The molecule has 0 aromatic heterocycles. The van der Waals surface area contributed by atoms with Crippen molar-refractivity contribution >= 4 is 48.9 Å². The third-order valence-electron chi connectivity index (χ3n) is 6.52. The Kier molecular flexibility index (Phi) is 9.06. The number of carbonyl (C=O) groups excluding carboxylic acids is 1. The summed E-state index contributed by atoms with van der Waals surface area (Å²) in [4.78, 5) is 13.3. The molecule has 0 atom stereocenters. The molecular weight excluding hydrogens is 578 g/mol. The van der Waals surface area contributed by atoms with E-state index in [9.17, 15) is 21.6 Å². The van der Waals surface area contributed by atoms with Gasteiger partial charge in [-0.1, -0.05) is 17.7 Å². The normalized spacial score (nSPS) is 14.5. The summed E-state index contributed by atoms with van der Waals surface area (Å²) in [5.74, 6) is -0.484. The van der Waals surface area contributed by atoms with Crippen molar-refractivity contribution in [1.29, 1.82) is 0 Å². The number of hydrogen-bond acceptors (Lipinski definition) is 7. The first kappa shape index (κ1) is 29.8. The van der Waals surface area contributed by atoms with Crippen LogP contribution in [0.4, 0.5) is 11.4 Å². The van der Waals surface area contributed by atoms with Crippen LogP contribution in [-0.4, -0.2) is 67.0 Å². The molecule has 1 N–H and O–H groups in total. The van der Waals surface area contributed by atoms with Gasteiger partial charge in [0.05, 0.1) is 41.5 Å². The van der Waals surface area contributed by atoms with Gasteiger partial charge in [0.1, 0.15) is 12.3 Å². The Hall–Kier alpha value is -3.16. The first-order valence-corrected chi connectivity index (χ1v) is 15.6. The van der Waals surface area contributed by atoms with Crippen LogP contribution < -0.4 is 14.4 Å². The lowest BCUT2D eigenvalue weighted by Crippen LogP contribution is -2.40. The predicted molar refractivity (Wildman–Crippen MR) is 153 cm³/mol. The average Bonchev–Trinajstić information content (AvgIpc) is 2.94. The van der Waals surface area contributed by atoms with E-state index in [0.29, 0.717) is 10.7 Å².